The molecule has 2 atom stereocenters. The molecule has 0 spiro atoms. The summed E-state index contributed by atoms with van der Waals surface area (Å²) in [4.78, 5) is 21.0. The van der Waals surface area contributed by atoms with Crippen LogP contribution in [0.5, 0.6) is 0 Å². The van der Waals surface area contributed by atoms with Crippen LogP contribution in [0.1, 0.15) is 21.8 Å². The topological polar surface area (TPSA) is 76.6 Å². The van der Waals surface area contributed by atoms with Crippen LogP contribution in [0.25, 0.3) is 9.88 Å². The van der Waals surface area contributed by atoms with Crippen LogP contribution in [0, 0.1) is 6.92 Å². The average Bonchev–Trinajstić information content (AvgIpc) is 3.24. The van der Waals surface area contributed by atoms with E-state index in [1.54, 1.807) is 16.2 Å². The zero-order chi connectivity index (χ0) is 17.6. The van der Waals surface area contributed by atoms with Crippen LogP contribution < -0.4 is 0 Å². The van der Waals surface area contributed by atoms with E-state index in [1.807, 2.05) is 24.4 Å². The molecule has 0 bridgehead atoms. The molecule has 2 aromatic heterocycles. The van der Waals surface area contributed by atoms with E-state index in [4.69, 9.17) is 4.74 Å². The number of thiazole rings is 1. The Labute approximate surface area is 154 Å². The molecule has 9 heteroatoms. The maximum atomic E-state index is 13.1. The van der Waals surface area contributed by atoms with Crippen LogP contribution in [0.2, 0.25) is 0 Å². The number of sulfone groups is 1. The number of hydrogen-bond donors (Lipinski definition) is 0. The zero-order valence-electron chi connectivity index (χ0n) is 13.7. The number of fused-ring (bicyclic) bond motifs is 1. The molecular weight excluding hydrogens is 380 g/mol. The third-order valence-corrected chi connectivity index (χ3v) is 9.04. The number of ether oxygens (including phenoxy) is 1. The first-order valence-corrected chi connectivity index (χ1v) is 11.5. The minimum atomic E-state index is -3.20. The minimum Gasteiger partial charge on any atom is -0.380 e. The summed E-state index contributed by atoms with van der Waals surface area (Å²) in [5.74, 6) is -0.108. The Morgan fingerprint density at radius 1 is 1.44 bits per heavy atom. The average molecular weight is 399 g/mol. The second-order valence-corrected chi connectivity index (χ2v) is 10.5. The molecule has 0 aliphatic carbocycles. The van der Waals surface area contributed by atoms with Crippen molar-refractivity contribution in [1.82, 2.24) is 9.88 Å². The van der Waals surface area contributed by atoms with Crippen molar-refractivity contribution in [2.24, 2.45) is 0 Å². The SMILES string of the molecule is Cc1nc(-c2cccs2)sc1C(=O)N1CCS(=O)(=O)[C@@H]2COCC[C@@H]21. The highest BCUT2D eigenvalue weighted by Gasteiger charge is 2.45. The Morgan fingerprint density at radius 2 is 2.28 bits per heavy atom. The van der Waals surface area contributed by atoms with Gasteiger partial charge in [-0.1, -0.05) is 6.07 Å². The van der Waals surface area contributed by atoms with Crippen molar-refractivity contribution >= 4 is 38.4 Å². The van der Waals surface area contributed by atoms with E-state index in [0.717, 1.165) is 9.88 Å². The Balaban J connectivity index is 1.65. The zero-order valence-corrected chi connectivity index (χ0v) is 16.1. The van der Waals surface area contributed by atoms with Gasteiger partial charge >= 0.3 is 0 Å². The van der Waals surface area contributed by atoms with E-state index in [2.05, 4.69) is 4.98 Å². The molecule has 0 radical (unpaired) electrons. The van der Waals surface area contributed by atoms with Crippen molar-refractivity contribution in [3.05, 3.63) is 28.1 Å². The number of hydrogen-bond acceptors (Lipinski definition) is 7. The maximum absolute atomic E-state index is 13.1. The number of carbonyl (C=O) groups excluding carboxylic acids is 1. The molecule has 2 fully saturated rings. The van der Waals surface area contributed by atoms with Crippen LogP contribution in [-0.2, 0) is 14.6 Å². The second kappa shape index (κ2) is 6.46. The molecule has 1 amide bonds. The molecule has 4 heterocycles. The molecule has 0 unspecified atom stereocenters. The standard InChI is InChI=1S/C16H18N2O4S3/c1-10-14(24-15(17-10)12-3-2-7-23-12)16(19)18-5-8-25(20,21)13-9-22-6-4-11(13)18/h2-3,7,11,13H,4-6,8-9H2,1H3/t11-,13+/m0/s1. The lowest BCUT2D eigenvalue weighted by atomic mass is 10.1. The molecular formula is C16H18N2O4S3. The predicted octanol–water partition coefficient (Wildman–Crippen LogP) is 2.21. The number of thiophene rings is 1. The van der Waals surface area contributed by atoms with E-state index >= 15 is 0 Å². The van der Waals surface area contributed by atoms with Crippen molar-refractivity contribution in [1.29, 1.82) is 0 Å². The number of rotatable bonds is 2. The highest BCUT2D eigenvalue weighted by Crippen LogP contribution is 2.34. The lowest BCUT2D eigenvalue weighted by Crippen LogP contribution is -2.60. The molecule has 25 heavy (non-hydrogen) atoms. The highest BCUT2D eigenvalue weighted by molar-refractivity contribution is 7.92. The lowest BCUT2D eigenvalue weighted by molar-refractivity contribution is 0.0296. The molecule has 2 aliphatic heterocycles. The van der Waals surface area contributed by atoms with Crippen LogP contribution in [-0.4, -0.2) is 61.0 Å². The molecule has 0 aromatic carbocycles. The van der Waals surface area contributed by atoms with Crippen LogP contribution in [0.3, 0.4) is 0 Å². The van der Waals surface area contributed by atoms with Crippen molar-refractivity contribution in [3.63, 3.8) is 0 Å². The first-order valence-electron chi connectivity index (χ1n) is 8.09. The smallest absolute Gasteiger partial charge is 0.266 e. The Bertz CT molecular complexity index is 889. The van der Waals surface area contributed by atoms with E-state index in [1.165, 1.54) is 11.3 Å². The van der Waals surface area contributed by atoms with Crippen LogP contribution in [0.15, 0.2) is 17.5 Å². The van der Waals surface area contributed by atoms with E-state index < -0.39 is 15.1 Å². The van der Waals surface area contributed by atoms with Gasteiger partial charge in [0.2, 0.25) is 0 Å². The van der Waals surface area contributed by atoms with Gasteiger partial charge in [-0.2, -0.15) is 0 Å². The Kier molecular flexibility index (Phi) is 4.43. The summed E-state index contributed by atoms with van der Waals surface area (Å²) in [5, 5.41) is 2.21. The van der Waals surface area contributed by atoms with Crippen molar-refractivity contribution < 1.29 is 17.9 Å². The summed E-state index contributed by atoms with van der Waals surface area (Å²) in [6, 6.07) is 3.64. The normalized spacial score (nSPS) is 25.6. The first kappa shape index (κ1) is 17.1. The third-order valence-electron chi connectivity index (χ3n) is 4.73. The van der Waals surface area contributed by atoms with Gasteiger partial charge in [0.25, 0.3) is 5.91 Å². The Morgan fingerprint density at radius 3 is 3.04 bits per heavy atom. The van der Waals surface area contributed by atoms with E-state index in [0.29, 0.717) is 23.6 Å². The molecule has 0 N–H and O–H groups in total. The molecule has 0 saturated carbocycles. The molecule has 2 aromatic rings. The summed E-state index contributed by atoms with van der Waals surface area (Å²) in [6.45, 7) is 2.75. The minimum absolute atomic E-state index is 0.00109. The van der Waals surface area contributed by atoms with Gasteiger partial charge in [-0.15, -0.1) is 22.7 Å². The fraction of sp³-hybridized carbons (Fsp3) is 0.500. The number of amides is 1. The van der Waals surface area contributed by atoms with Crippen molar-refractivity contribution in [2.45, 2.75) is 24.6 Å². The van der Waals surface area contributed by atoms with E-state index in [9.17, 15) is 13.2 Å². The van der Waals surface area contributed by atoms with Gasteiger partial charge in [-0.05, 0) is 24.8 Å². The predicted molar refractivity (Wildman–Crippen MR) is 98.0 cm³/mol. The van der Waals surface area contributed by atoms with Gasteiger partial charge in [0, 0.05) is 13.2 Å². The van der Waals surface area contributed by atoms with Crippen molar-refractivity contribution in [3.8, 4) is 9.88 Å². The van der Waals surface area contributed by atoms with Gasteiger partial charge in [0.1, 0.15) is 15.1 Å². The maximum Gasteiger partial charge on any atom is 0.266 e. The Hall–Kier alpha value is -1.29. The van der Waals surface area contributed by atoms with Gasteiger partial charge in [-0.25, -0.2) is 13.4 Å². The third kappa shape index (κ3) is 3.03. The molecule has 134 valence electrons. The summed E-state index contributed by atoms with van der Waals surface area (Å²) >= 11 is 2.98. The highest BCUT2D eigenvalue weighted by atomic mass is 32.2. The van der Waals surface area contributed by atoms with Gasteiger partial charge in [-0.3, -0.25) is 4.79 Å². The summed E-state index contributed by atoms with van der Waals surface area (Å²) in [5.41, 5.74) is 0.704. The van der Waals surface area contributed by atoms with Crippen LogP contribution >= 0.6 is 22.7 Å². The lowest BCUT2D eigenvalue weighted by Gasteiger charge is -2.43. The number of nitrogens with zero attached hydrogens (tertiary/aromatic N) is 2. The second-order valence-electron chi connectivity index (χ2n) is 6.25. The largest absolute Gasteiger partial charge is 0.380 e. The summed E-state index contributed by atoms with van der Waals surface area (Å²) in [6.07, 6.45) is 0.561. The number of aromatic nitrogens is 1. The van der Waals surface area contributed by atoms with E-state index in [-0.39, 0.29) is 30.9 Å². The summed E-state index contributed by atoms with van der Waals surface area (Å²) < 4.78 is 30.0. The van der Waals surface area contributed by atoms with Gasteiger partial charge < -0.3 is 9.64 Å². The molecule has 4 rings (SSSR count). The van der Waals surface area contributed by atoms with Gasteiger partial charge in [0.05, 0.1) is 29.0 Å². The fourth-order valence-electron chi connectivity index (χ4n) is 3.43. The quantitative estimate of drug-likeness (QED) is 0.775. The fourth-order valence-corrected chi connectivity index (χ4v) is 7.06. The summed E-state index contributed by atoms with van der Waals surface area (Å²) in [7, 11) is -3.20. The van der Waals surface area contributed by atoms with Crippen molar-refractivity contribution in [2.75, 3.05) is 25.5 Å². The first-order chi connectivity index (χ1) is 12.0. The molecule has 2 saturated heterocycles. The molecule has 2 aliphatic rings. The van der Waals surface area contributed by atoms with Gasteiger partial charge in [0.15, 0.2) is 9.84 Å². The number of aryl methyl sites for hydroxylation is 1. The molecule has 6 nitrogen and oxygen atoms in total. The number of carbonyl (C=O) groups is 1. The van der Waals surface area contributed by atoms with Crippen LogP contribution in [0.4, 0.5) is 0 Å². The monoisotopic (exact) mass is 398 g/mol.